The van der Waals surface area contributed by atoms with E-state index in [0.29, 0.717) is 19.8 Å². The first-order valence-electron chi connectivity index (χ1n) is 12.6. The van der Waals surface area contributed by atoms with Gasteiger partial charge in [0.05, 0.1) is 13.2 Å². The van der Waals surface area contributed by atoms with E-state index in [-0.39, 0.29) is 0 Å². The van der Waals surface area contributed by atoms with Gasteiger partial charge in [0.25, 0.3) is 0 Å². The smallest absolute Gasteiger partial charge is 0.407 e. The van der Waals surface area contributed by atoms with E-state index in [9.17, 15) is 4.79 Å². The van der Waals surface area contributed by atoms with Crippen molar-refractivity contribution in [3.05, 3.63) is 59.0 Å². The zero-order valence-corrected chi connectivity index (χ0v) is 22.8. The Bertz CT molecular complexity index is 1330. The molecule has 4 rings (SSSR count). The van der Waals surface area contributed by atoms with Gasteiger partial charge in [0.2, 0.25) is 0 Å². The summed E-state index contributed by atoms with van der Waals surface area (Å²) in [4.78, 5) is 12.9. The maximum atomic E-state index is 11.6. The van der Waals surface area contributed by atoms with E-state index in [1.807, 2.05) is 20.8 Å². The number of nitrogens with zero attached hydrogens (tertiary/aromatic N) is 1. The number of ether oxygens (including phenoxy) is 2. The van der Waals surface area contributed by atoms with Gasteiger partial charge in [0.15, 0.2) is 0 Å². The normalized spacial score (nSPS) is 11.9. The summed E-state index contributed by atoms with van der Waals surface area (Å²) in [5.41, 5.74) is 5.91. The third kappa shape index (κ3) is 6.46. The molecule has 2 heterocycles. The number of alkyl carbamates (subject to hydrolysis) is 1. The monoisotopic (exact) mass is 507 g/mol. The van der Waals surface area contributed by atoms with Crippen molar-refractivity contribution in [2.45, 2.75) is 53.3 Å². The van der Waals surface area contributed by atoms with Gasteiger partial charge in [-0.2, -0.15) is 0 Å². The lowest BCUT2D eigenvalue weighted by molar-refractivity contribution is 0.0500. The molecule has 0 bridgehead atoms. The Morgan fingerprint density at radius 1 is 1.00 bits per heavy atom. The average Bonchev–Trinajstić information content (AvgIpc) is 3.39. The number of thiophene rings is 1. The average molecular weight is 508 g/mol. The Morgan fingerprint density at radius 3 is 2.53 bits per heavy atom. The first-order valence-corrected chi connectivity index (χ1v) is 13.5. The number of nitrogens with one attached hydrogen (secondary N) is 2. The molecule has 36 heavy (non-hydrogen) atoms. The van der Waals surface area contributed by atoms with Gasteiger partial charge >= 0.3 is 6.09 Å². The molecule has 6 nitrogen and oxygen atoms in total. The minimum absolute atomic E-state index is 0.415. The van der Waals surface area contributed by atoms with Crippen molar-refractivity contribution in [3.63, 3.8) is 0 Å². The fraction of sp³-hybridized carbons (Fsp3) is 0.414. The molecule has 0 spiro atoms. The Kier molecular flexibility index (Phi) is 8.34. The highest BCUT2D eigenvalue weighted by Crippen LogP contribution is 2.35. The first-order chi connectivity index (χ1) is 17.2. The van der Waals surface area contributed by atoms with Crippen molar-refractivity contribution in [1.29, 1.82) is 0 Å². The number of carbonyl (C=O) groups excluding carboxylic acids is 1. The lowest BCUT2D eigenvalue weighted by Crippen LogP contribution is -2.34. The molecule has 2 aromatic carbocycles. The molecule has 0 atom stereocenters. The van der Waals surface area contributed by atoms with Crippen LogP contribution in [0.15, 0.2) is 47.8 Å². The standard InChI is InChI=1S/C29H37N3O3S/c1-6-32-25-10-7-21(18-30-11-13-34-14-12-31-28(33)35-29(3,4)5)16-24(25)23-9-8-22(17-26(23)32)27-15-20(2)19-36-27/h7-10,15-17,19,30H,6,11-14,18H2,1-5H3,(H,31,33). The largest absolute Gasteiger partial charge is 0.444 e. The molecule has 0 saturated carbocycles. The molecule has 0 saturated heterocycles. The number of aromatic nitrogens is 1. The van der Waals surface area contributed by atoms with Crippen LogP contribution in [0.1, 0.15) is 38.8 Å². The summed E-state index contributed by atoms with van der Waals surface area (Å²) >= 11 is 1.80. The summed E-state index contributed by atoms with van der Waals surface area (Å²) in [5, 5.41) is 11.0. The van der Waals surface area contributed by atoms with E-state index in [0.717, 1.165) is 19.6 Å². The number of carbonyl (C=O) groups is 1. The molecule has 0 radical (unpaired) electrons. The van der Waals surface area contributed by atoms with Gasteiger partial charge < -0.3 is 24.7 Å². The number of hydrogen-bond acceptors (Lipinski definition) is 5. The van der Waals surface area contributed by atoms with Crippen LogP contribution in [-0.2, 0) is 22.6 Å². The summed E-state index contributed by atoms with van der Waals surface area (Å²) in [6.45, 7) is 13.8. The molecule has 7 heteroatoms. The number of rotatable bonds is 10. The van der Waals surface area contributed by atoms with Crippen molar-refractivity contribution >= 4 is 39.2 Å². The van der Waals surface area contributed by atoms with E-state index in [2.05, 4.69) is 76.9 Å². The van der Waals surface area contributed by atoms with Crippen molar-refractivity contribution in [3.8, 4) is 10.4 Å². The molecule has 0 unspecified atom stereocenters. The van der Waals surface area contributed by atoms with Gasteiger partial charge in [-0.15, -0.1) is 11.3 Å². The highest BCUT2D eigenvalue weighted by atomic mass is 32.1. The van der Waals surface area contributed by atoms with Crippen LogP contribution < -0.4 is 10.6 Å². The van der Waals surface area contributed by atoms with E-state index in [4.69, 9.17) is 9.47 Å². The summed E-state index contributed by atoms with van der Waals surface area (Å²) in [5.74, 6) is 0. The molecule has 0 fully saturated rings. The molecule has 2 N–H and O–H groups in total. The number of benzene rings is 2. The molecule has 0 aliphatic rings. The first kappa shape index (κ1) is 26.2. The quantitative estimate of drug-likeness (QED) is 0.241. The zero-order chi connectivity index (χ0) is 25.7. The minimum Gasteiger partial charge on any atom is -0.444 e. The lowest BCUT2D eigenvalue weighted by atomic mass is 10.1. The Labute approximate surface area is 217 Å². The number of amides is 1. The third-order valence-corrected chi connectivity index (χ3v) is 7.03. The summed E-state index contributed by atoms with van der Waals surface area (Å²) < 4.78 is 13.2. The highest BCUT2D eigenvalue weighted by Gasteiger charge is 2.15. The van der Waals surface area contributed by atoms with Gasteiger partial charge in [0, 0.05) is 52.9 Å². The molecule has 4 aromatic rings. The lowest BCUT2D eigenvalue weighted by Gasteiger charge is -2.19. The molecule has 0 aliphatic carbocycles. The van der Waals surface area contributed by atoms with Gasteiger partial charge in [-0.25, -0.2) is 4.79 Å². The molecule has 192 valence electrons. The second-order valence-electron chi connectivity index (χ2n) is 10.0. The minimum atomic E-state index is -0.490. The SMILES string of the molecule is CCn1c2ccc(CNCCOCCNC(=O)OC(C)(C)C)cc2c2ccc(-c3cc(C)cs3)cc21. The predicted octanol–water partition coefficient (Wildman–Crippen LogP) is 6.48. The second-order valence-corrected chi connectivity index (χ2v) is 10.9. The van der Waals surface area contributed by atoms with E-state index in [1.165, 1.54) is 43.4 Å². The van der Waals surface area contributed by atoms with Crippen LogP contribution in [0.3, 0.4) is 0 Å². The van der Waals surface area contributed by atoms with E-state index >= 15 is 0 Å². The number of fused-ring (bicyclic) bond motifs is 3. The summed E-state index contributed by atoms with van der Waals surface area (Å²) in [6.07, 6.45) is -0.415. The van der Waals surface area contributed by atoms with Crippen LogP contribution in [0.5, 0.6) is 0 Å². The van der Waals surface area contributed by atoms with Crippen LogP contribution >= 0.6 is 11.3 Å². The zero-order valence-electron chi connectivity index (χ0n) is 21.9. The molecule has 1 amide bonds. The Hall–Kier alpha value is -2.87. The van der Waals surface area contributed by atoms with Gasteiger partial charge in [0.1, 0.15) is 5.60 Å². The Balaban J connectivity index is 1.32. The maximum absolute atomic E-state index is 11.6. The van der Waals surface area contributed by atoms with Crippen molar-refractivity contribution in [1.82, 2.24) is 15.2 Å². The summed E-state index contributed by atoms with van der Waals surface area (Å²) in [6, 6.07) is 15.8. The van der Waals surface area contributed by atoms with Crippen LogP contribution in [0.25, 0.3) is 32.2 Å². The molecular weight excluding hydrogens is 470 g/mol. The molecular formula is C29H37N3O3S. The second kappa shape index (κ2) is 11.5. The fourth-order valence-electron chi connectivity index (χ4n) is 4.35. The topological polar surface area (TPSA) is 64.5 Å². The van der Waals surface area contributed by atoms with Crippen LogP contribution in [0, 0.1) is 6.92 Å². The number of aryl methyl sites for hydroxylation is 2. The van der Waals surface area contributed by atoms with Gasteiger partial charge in [-0.05, 0) is 81.0 Å². The maximum Gasteiger partial charge on any atom is 0.407 e. The van der Waals surface area contributed by atoms with Crippen molar-refractivity contribution in [2.75, 3.05) is 26.3 Å². The van der Waals surface area contributed by atoms with Gasteiger partial charge in [-0.1, -0.05) is 18.2 Å². The van der Waals surface area contributed by atoms with Crippen LogP contribution in [0.4, 0.5) is 4.79 Å². The molecule has 2 aromatic heterocycles. The van der Waals surface area contributed by atoms with Crippen LogP contribution in [-0.4, -0.2) is 42.6 Å². The van der Waals surface area contributed by atoms with Crippen molar-refractivity contribution in [2.24, 2.45) is 0 Å². The van der Waals surface area contributed by atoms with Crippen molar-refractivity contribution < 1.29 is 14.3 Å². The molecule has 0 aliphatic heterocycles. The predicted molar refractivity (Wildman–Crippen MR) is 150 cm³/mol. The fourth-order valence-corrected chi connectivity index (χ4v) is 5.25. The highest BCUT2D eigenvalue weighted by molar-refractivity contribution is 7.13. The summed E-state index contributed by atoms with van der Waals surface area (Å²) in [7, 11) is 0. The third-order valence-electron chi connectivity index (χ3n) is 5.93. The van der Waals surface area contributed by atoms with E-state index < -0.39 is 11.7 Å². The van der Waals surface area contributed by atoms with Gasteiger partial charge in [-0.3, -0.25) is 0 Å². The Morgan fingerprint density at radius 2 is 1.81 bits per heavy atom. The number of hydrogen-bond donors (Lipinski definition) is 2. The van der Waals surface area contributed by atoms with E-state index in [1.54, 1.807) is 11.3 Å². The van der Waals surface area contributed by atoms with Crippen LogP contribution in [0.2, 0.25) is 0 Å².